The molecule has 2 N–H and O–H groups in total. The van der Waals surface area contributed by atoms with Crippen LogP contribution in [0.5, 0.6) is 11.5 Å². The smallest absolute Gasteiger partial charge is 0.128 e. The quantitative estimate of drug-likeness (QED) is 0.709. The number of phenolic OH excluding ortho intramolecular Hbond substituents is 2. The fourth-order valence-corrected chi connectivity index (χ4v) is 4.38. The lowest BCUT2D eigenvalue weighted by Gasteiger charge is -2.20. The van der Waals surface area contributed by atoms with E-state index in [1.165, 1.54) is 0 Å². The minimum Gasteiger partial charge on any atom is -0.507 e. The largest absolute Gasteiger partial charge is 0.507 e. The highest BCUT2D eigenvalue weighted by Crippen LogP contribution is 2.61. The molecule has 2 bridgehead atoms. The molecular weight excluding hydrogens is 292 g/mol. The monoisotopic (exact) mass is 304 g/mol. The number of phenols is 2. The van der Waals surface area contributed by atoms with E-state index in [1.54, 1.807) is 0 Å². The van der Waals surface area contributed by atoms with Gasteiger partial charge in [-0.3, -0.25) is 0 Å². The van der Waals surface area contributed by atoms with Gasteiger partial charge < -0.3 is 10.2 Å². The Morgan fingerprint density at radius 1 is 1.00 bits per heavy atom. The van der Waals surface area contributed by atoms with Gasteiger partial charge in [-0.2, -0.15) is 0 Å². The second-order valence-corrected chi connectivity index (χ2v) is 6.25. The first-order chi connectivity index (χ1) is 8.68. The van der Waals surface area contributed by atoms with Crippen molar-refractivity contribution in [2.45, 2.75) is 31.1 Å². The van der Waals surface area contributed by atoms with Crippen LogP contribution in [0.1, 0.15) is 42.2 Å². The molecule has 0 amide bonds. The Labute approximate surface area is 113 Å². The average molecular weight is 305 g/mol. The second-order valence-electron chi connectivity index (χ2n) is 5.39. The van der Waals surface area contributed by atoms with Crippen molar-refractivity contribution in [1.29, 1.82) is 0 Å². The van der Waals surface area contributed by atoms with E-state index in [1.807, 2.05) is 18.2 Å². The predicted octanol–water partition coefficient (Wildman–Crippen LogP) is 4.38. The fraction of sp³-hybridized carbons (Fsp3) is 0.333. The molecule has 18 heavy (non-hydrogen) atoms. The summed E-state index contributed by atoms with van der Waals surface area (Å²) in [4.78, 5) is 0. The average Bonchev–Trinajstić information content (AvgIpc) is 2.96. The summed E-state index contributed by atoms with van der Waals surface area (Å²) >= 11 is 3.47. The van der Waals surface area contributed by atoms with E-state index in [0.29, 0.717) is 23.3 Å². The van der Waals surface area contributed by atoms with Crippen molar-refractivity contribution in [2.75, 3.05) is 0 Å². The van der Waals surface area contributed by atoms with Crippen molar-refractivity contribution >= 4 is 26.7 Å². The van der Waals surface area contributed by atoms with E-state index in [-0.39, 0.29) is 0 Å². The van der Waals surface area contributed by atoms with Crippen LogP contribution in [0.2, 0.25) is 0 Å². The predicted molar refractivity (Wildman–Crippen MR) is 74.3 cm³/mol. The summed E-state index contributed by atoms with van der Waals surface area (Å²) in [7, 11) is 0. The van der Waals surface area contributed by atoms with E-state index in [0.717, 1.165) is 45.6 Å². The van der Waals surface area contributed by atoms with Crippen molar-refractivity contribution in [3.63, 3.8) is 0 Å². The third-order valence-electron chi connectivity index (χ3n) is 4.56. The molecule has 1 fully saturated rings. The third kappa shape index (κ3) is 1.13. The van der Waals surface area contributed by atoms with Gasteiger partial charge in [0.25, 0.3) is 0 Å². The van der Waals surface area contributed by atoms with Gasteiger partial charge in [0.1, 0.15) is 11.5 Å². The van der Waals surface area contributed by atoms with Crippen molar-refractivity contribution in [3.8, 4) is 11.5 Å². The van der Waals surface area contributed by atoms with Crippen LogP contribution in [-0.4, -0.2) is 10.2 Å². The number of fused-ring (bicyclic) bond motifs is 6. The van der Waals surface area contributed by atoms with Crippen LogP contribution in [-0.2, 0) is 0 Å². The van der Waals surface area contributed by atoms with Gasteiger partial charge in [-0.15, -0.1) is 0 Å². The number of aromatic hydroxyl groups is 2. The SMILES string of the molecule is Oc1c2c(c(O)c3c(Br)cccc13)C1CCC2C1. The summed E-state index contributed by atoms with van der Waals surface area (Å²) in [6.07, 6.45) is 3.37. The van der Waals surface area contributed by atoms with Gasteiger partial charge in [-0.05, 0) is 37.2 Å². The molecule has 0 aromatic heterocycles. The summed E-state index contributed by atoms with van der Waals surface area (Å²) in [6.45, 7) is 0. The van der Waals surface area contributed by atoms with Gasteiger partial charge in [0.2, 0.25) is 0 Å². The third-order valence-corrected chi connectivity index (χ3v) is 5.22. The maximum Gasteiger partial charge on any atom is 0.128 e. The van der Waals surface area contributed by atoms with Crippen LogP contribution in [0.3, 0.4) is 0 Å². The summed E-state index contributed by atoms with van der Waals surface area (Å²) in [5, 5.41) is 22.6. The van der Waals surface area contributed by atoms with Gasteiger partial charge >= 0.3 is 0 Å². The summed E-state index contributed by atoms with van der Waals surface area (Å²) in [5.74, 6) is 1.63. The minimum absolute atomic E-state index is 0.373. The highest BCUT2D eigenvalue weighted by molar-refractivity contribution is 9.10. The van der Waals surface area contributed by atoms with Crippen LogP contribution < -0.4 is 0 Å². The molecule has 2 unspecified atom stereocenters. The zero-order valence-electron chi connectivity index (χ0n) is 9.78. The maximum atomic E-state index is 10.6. The summed E-state index contributed by atoms with van der Waals surface area (Å²) in [6, 6.07) is 5.67. The Kier molecular flexibility index (Phi) is 2.03. The maximum absolute atomic E-state index is 10.6. The molecule has 0 spiro atoms. The van der Waals surface area contributed by atoms with Crippen LogP contribution >= 0.6 is 15.9 Å². The first kappa shape index (κ1) is 10.7. The number of benzene rings is 2. The van der Waals surface area contributed by atoms with Crippen molar-refractivity contribution < 1.29 is 10.2 Å². The summed E-state index contributed by atoms with van der Waals surface area (Å²) < 4.78 is 0.846. The van der Waals surface area contributed by atoms with E-state index in [4.69, 9.17) is 0 Å². The molecule has 2 nitrogen and oxygen atoms in total. The molecule has 1 saturated carbocycles. The first-order valence-electron chi connectivity index (χ1n) is 6.34. The van der Waals surface area contributed by atoms with Gasteiger partial charge in [0.15, 0.2) is 0 Å². The molecule has 2 aromatic rings. The molecule has 3 heteroatoms. The van der Waals surface area contributed by atoms with Crippen LogP contribution in [0, 0.1) is 0 Å². The standard InChI is InChI=1S/C15H13BrO2/c16-10-3-1-2-9-13(10)15(18)12-8-5-4-7(6-8)11(12)14(9)17/h1-3,7-8,17-18H,4-6H2. The number of hydrogen-bond acceptors (Lipinski definition) is 2. The van der Waals surface area contributed by atoms with Gasteiger partial charge in [-0.25, -0.2) is 0 Å². The molecular formula is C15H13BrO2. The fourth-order valence-electron chi connectivity index (χ4n) is 3.83. The highest BCUT2D eigenvalue weighted by Gasteiger charge is 2.41. The topological polar surface area (TPSA) is 40.5 Å². The van der Waals surface area contributed by atoms with Crippen LogP contribution in [0.25, 0.3) is 10.8 Å². The summed E-state index contributed by atoms with van der Waals surface area (Å²) in [5.41, 5.74) is 2.01. The van der Waals surface area contributed by atoms with E-state index in [9.17, 15) is 10.2 Å². The Balaban J connectivity index is 2.20. The van der Waals surface area contributed by atoms with Gasteiger partial charge in [0.05, 0.1) is 0 Å². The van der Waals surface area contributed by atoms with E-state index < -0.39 is 0 Å². The normalized spacial score (nSPS) is 24.7. The highest BCUT2D eigenvalue weighted by atomic mass is 79.9. The second kappa shape index (κ2) is 3.41. The van der Waals surface area contributed by atoms with Gasteiger partial charge in [-0.1, -0.05) is 28.1 Å². The van der Waals surface area contributed by atoms with E-state index >= 15 is 0 Å². The first-order valence-corrected chi connectivity index (χ1v) is 7.13. The Hall–Kier alpha value is -1.22. The van der Waals surface area contributed by atoms with Crippen molar-refractivity contribution in [2.24, 2.45) is 0 Å². The molecule has 2 aliphatic rings. The lowest BCUT2D eigenvalue weighted by Crippen LogP contribution is -2.00. The molecule has 0 heterocycles. The number of halogens is 1. The number of rotatable bonds is 0. The molecule has 2 aliphatic carbocycles. The number of hydrogen-bond donors (Lipinski definition) is 2. The Morgan fingerprint density at radius 2 is 1.67 bits per heavy atom. The Morgan fingerprint density at radius 3 is 2.39 bits per heavy atom. The zero-order chi connectivity index (χ0) is 12.4. The zero-order valence-corrected chi connectivity index (χ0v) is 11.4. The molecule has 4 rings (SSSR count). The van der Waals surface area contributed by atoms with Crippen molar-refractivity contribution in [3.05, 3.63) is 33.8 Å². The Bertz CT molecular complexity index is 678. The molecule has 2 atom stereocenters. The molecule has 92 valence electrons. The minimum atomic E-state index is 0.373. The van der Waals surface area contributed by atoms with E-state index in [2.05, 4.69) is 15.9 Å². The molecule has 0 radical (unpaired) electrons. The molecule has 0 saturated heterocycles. The molecule has 2 aromatic carbocycles. The van der Waals surface area contributed by atoms with Crippen molar-refractivity contribution in [1.82, 2.24) is 0 Å². The van der Waals surface area contributed by atoms with Crippen LogP contribution in [0.4, 0.5) is 0 Å². The van der Waals surface area contributed by atoms with Crippen LogP contribution in [0.15, 0.2) is 22.7 Å². The lowest BCUT2D eigenvalue weighted by atomic mass is 9.87. The molecule has 0 aliphatic heterocycles. The van der Waals surface area contributed by atoms with Gasteiger partial charge in [0, 0.05) is 26.4 Å². The lowest BCUT2D eigenvalue weighted by molar-refractivity contribution is 0.451.